The van der Waals surface area contributed by atoms with E-state index in [1.54, 1.807) is 4.90 Å². The highest BCUT2D eigenvalue weighted by Gasteiger charge is 2.21. The van der Waals surface area contributed by atoms with Gasteiger partial charge in [0, 0.05) is 19.3 Å². The Morgan fingerprint density at radius 1 is 1.56 bits per heavy atom. The number of pyridine rings is 1. The molecule has 7 nitrogen and oxygen atoms in total. The number of carbonyl (C=O) groups excluding carboxylic acids is 1. The van der Waals surface area contributed by atoms with Crippen LogP contribution in [0.5, 0.6) is 0 Å². The first-order valence-electron chi connectivity index (χ1n) is 5.59. The highest BCUT2D eigenvalue weighted by Crippen LogP contribution is 2.24. The minimum Gasteiger partial charge on any atom is -0.478 e. The molecule has 1 amide bonds. The van der Waals surface area contributed by atoms with Gasteiger partial charge in [-0.2, -0.15) is 0 Å². The van der Waals surface area contributed by atoms with Crippen molar-refractivity contribution in [3.63, 3.8) is 0 Å². The second-order valence-electron chi connectivity index (χ2n) is 4.03. The van der Waals surface area contributed by atoms with Crippen molar-refractivity contribution in [2.45, 2.75) is 6.42 Å². The van der Waals surface area contributed by atoms with Crippen LogP contribution in [0.3, 0.4) is 0 Å². The van der Waals surface area contributed by atoms with Crippen LogP contribution in [-0.4, -0.2) is 41.6 Å². The molecule has 0 aliphatic carbocycles. The van der Waals surface area contributed by atoms with Gasteiger partial charge < -0.3 is 21.1 Å². The molecule has 0 bridgehead atoms. The average Bonchev–Trinajstić information content (AvgIpc) is 2.53. The molecular weight excluding hydrogens is 236 g/mol. The fraction of sp³-hybridized carbons (Fsp3) is 0.364. The molecule has 1 fully saturated rings. The Hall–Kier alpha value is -2.31. The summed E-state index contributed by atoms with van der Waals surface area (Å²) in [4.78, 5) is 28.2. The van der Waals surface area contributed by atoms with E-state index < -0.39 is 5.97 Å². The van der Waals surface area contributed by atoms with Gasteiger partial charge in [0.25, 0.3) is 0 Å². The molecule has 0 radical (unpaired) electrons. The van der Waals surface area contributed by atoms with E-state index in [1.165, 1.54) is 12.3 Å². The lowest BCUT2D eigenvalue weighted by atomic mass is 10.2. The number of amides is 1. The summed E-state index contributed by atoms with van der Waals surface area (Å²) in [6.07, 6.45) is 2.15. The SMILES string of the molecule is Nc1c(C(=O)O)ccnc1N1CCCNC(=O)C1. The van der Waals surface area contributed by atoms with Crippen LogP contribution in [0.2, 0.25) is 0 Å². The fourth-order valence-electron chi connectivity index (χ4n) is 1.89. The number of hydrogen-bond acceptors (Lipinski definition) is 5. The van der Waals surface area contributed by atoms with Crippen molar-refractivity contribution in [1.29, 1.82) is 0 Å². The topological polar surface area (TPSA) is 109 Å². The molecule has 1 aliphatic rings. The highest BCUT2D eigenvalue weighted by molar-refractivity contribution is 5.96. The molecule has 96 valence electrons. The van der Waals surface area contributed by atoms with Crippen molar-refractivity contribution in [2.24, 2.45) is 0 Å². The van der Waals surface area contributed by atoms with Crippen LogP contribution in [0.25, 0.3) is 0 Å². The van der Waals surface area contributed by atoms with Gasteiger partial charge in [0.1, 0.15) is 0 Å². The molecule has 0 saturated carbocycles. The first kappa shape index (κ1) is 12.2. The lowest BCUT2D eigenvalue weighted by Gasteiger charge is -2.22. The van der Waals surface area contributed by atoms with Gasteiger partial charge in [-0.15, -0.1) is 0 Å². The summed E-state index contributed by atoms with van der Waals surface area (Å²) >= 11 is 0. The van der Waals surface area contributed by atoms with Gasteiger partial charge in [0.2, 0.25) is 5.91 Å². The van der Waals surface area contributed by atoms with Gasteiger partial charge in [0.15, 0.2) is 5.82 Å². The molecule has 18 heavy (non-hydrogen) atoms. The molecule has 1 aromatic rings. The quantitative estimate of drug-likeness (QED) is 0.664. The van der Waals surface area contributed by atoms with Crippen molar-refractivity contribution in [3.05, 3.63) is 17.8 Å². The number of rotatable bonds is 2. The normalized spacial score (nSPS) is 16.0. The third kappa shape index (κ3) is 2.34. The third-order valence-corrected chi connectivity index (χ3v) is 2.76. The van der Waals surface area contributed by atoms with Gasteiger partial charge >= 0.3 is 5.97 Å². The van der Waals surface area contributed by atoms with Crippen LogP contribution in [0.1, 0.15) is 16.8 Å². The number of carboxylic acid groups (broad SMARTS) is 1. The zero-order valence-electron chi connectivity index (χ0n) is 9.72. The molecular formula is C11H14N4O3. The molecule has 1 aromatic heterocycles. The van der Waals surface area contributed by atoms with Gasteiger partial charge in [-0.3, -0.25) is 4.79 Å². The van der Waals surface area contributed by atoms with Gasteiger partial charge in [-0.05, 0) is 12.5 Å². The zero-order valence-corrected chi connectivity index (χ0v) is 9.72. The van der Waals surface area contributed by atoms with Gasteiger partial charge in [-0.25, -0.2) is 9.78 Å². The van der Waals surface area contributed by atoms with Crippen LogP contribution >= 0.6 is 0 Å². The number of aromatic nitrogens is 1. The van der Waals surface area contributed by atoms with E-state index in [4.69, 9.17) is 10.8 Å². The molecule has 0 atom stereocenters. The van der Waals surface area contributed by atoms with E-state index in [2.05, 4.69) is 10.3 Å². The smallest absolute Gasteiger partial charge is 0.337 e. The number of nitrogens with zero attached hydrogens (tertiary/aromatic N) is 2. The minimum atomic E-state index is -1.10. The van der Waals surface area contributed by atoms with E-state index in [1.807, 2.05) is 0 Å². The van der Waals surface area contributed by atoms with Crippen LogP contribution in [0, 0.1) is 0 Å². The summed E-state index contributed by atoms with van der Waals surface area (Å²) in [5, 5.41) is 11.7. The molecule has 4 N–H and O–H groups in total. The Morgan fingerprint density at radius 3 is 3.06 bits per heavy atom. The summed E-state index contributed by atoms with van der Waals surface area (Å²) in [5.41, 5.74) is 5.90. The second kappa shape index (κ2) is 4.91. The molecule has 0 aromatic carbocycles. The van der Waals surface area contributed by atoms with Crippen molar-refractivity contribution < 1.29 is 14.7 Å². The Labute approximate surface area is 104 Å². The number of aromatic carboxylic acids is 1. The number of hydrogen-bond donors (Lipinski definition) is 3. The van der Waals surface area contributed by atoms with Crippen molar-refractivity contribution >= 4 is 23.4 Å². The third-order valence-electron chi connectivity index (χ3n) is 2.76. The molecule has 2 heterocycles. The largest absolute Gasteiger partial charge is 0.478 e. The van der Waals surface area contributed by atoms with Crippen molar-refractivity contribution in [1.82, 2.24) is 10.3 Å². The van der Waals surface area contributed by atoms with Gasteiger partial charge in [-0.1, -0.05) is 0 Å². The van der Waals surface area contributed by atoms with Crippen LogP contribution < -0.4 is 16.0 Å². The zero-order chi connectivity index (χ0) is 13.1. The lowest BCUT2D eigenvalue weighted by molar-refractivity contribution is -0.119. The van der Waals surface area contributed by atoms with E-state index in [0.29, 0.717) is 18.9 Å². The maximum absolute atomic E-state index is 11.5. The van der Waals surface area contributed by atoms with Crippen LogP contribution in [0.15, 0.2) is 12.3 Å². The fourth-order valence-corrected chi connectivity index (χ4v) is 1.89. The summed E-state index contributed by atoms with van der Waals surface area (Å²) < 4.78 is 0. The molecule has 0 unspecified atom stereocenters. The minimum absolute atomic E-state index is 0.00431. The maximum Gasteiger partial charge on any atom is 0.337 e. The standard InChI is InChI=1S/C11H14N4O3/c12-9-7(11(17)18)2-4-14-10(9)15-5-1-3-13-8(16)6-15/h2,4H,1,3,5-6,12H2,(H,13,16)(H,17,18). The van der Waals surface area contributed by atoms with E-state index in [0.717, 1.165) is 6.42 Å². The summed E-state index contributed by atoms with van der Waals surface area (Å²) in [6, 6.07) is 1.35. The number of nitrogens with one attached hydrogen (secondary N) is 1. The van der Waals surface area contributed by atoms with E-state index >= 15 is 0 Å². The predicted octanol–water partition coefficient (Wildman–Crippen LogP) is -0.312. The first-order valence-corrected chi connectivity index (χ1v) is 5.59. The number of nitrogens with two attached hydrogens (primary N) is 1. The maximum atomic E-state index is 11.5. The monoisotopic (exact) mass is 250 g/mol. The summed E-state index contributed by atoms with van der Waals surface area (Å²) in [5.74, 6) is -0.864. The lowest BCUT2D eigenvalue weighted by Crippen LogP contribution is -2.34. The van der Waals surface area contributed by atoms with E-state index in [-0.39, 0.29) is 23.7 Å². The average molecular weight is 250 g/mol. The molecule has 7 heteroatoms. The number of anilines is 2. The van der Waals surface area contributed by atoms with Crippen molar-refractivity contribution in [3.8, 4) is 0 Å². The highest BCUT2D eigenvalue weighted by atomic mass is 16.4. The number of carbonyl (C=O) groups is 2. The summed E-state index contributed by atoms with van der Waals surface area (Å²) in [6.45, 7) is 1.35. The Balaban J connectivity index is 2.35. The Kier molecular flexibility index (Phi) is 3.31. The van der Waals surface area contributed by atoms with E-state index in [9.17, 15) is 9.59 Å². The number of nitrogen functional groups attached to an aromatic ring is 1. The van der Waals surface area contributed by atoms with Crippen LogP contribution in [-0.2, 0) is 4.79 Å². The molecule has 1 aliphatic heterocycles. The van der Waals surface area contributed by atoms with Crippen LogP contribution in [0.4, 0.5) is 11.5 Å². The molecule has 0 spiro atoms. The second-order valence-corrected chi connectivity index (χ2v) is 4.03. The molecule has 1 saturated heterocycles. The predicted molar refractivity (Wildman–Crippen MR) is 65.4 cm³/mol. The summed E-state index contributed by atoms with van der Waals surface area (Å²) in [7, 11) is 0. The Bertz CT molecular complexity index is 489. The Morgan fingerprint density at radius 2 is 2.33 bits per heavy atom. The number of carboxylic acids is 1. The van der Waals surface area contributed by atoms with Crippen molar-refractivity contribution in [2.75, 3.05) is 30.3 Å². The molecule has 2 rings (SSSR count). The first-order chi connectivity index (χ1) is 8.59. The van der Waals surface area contributed by atoms with Gasteiger partial charge in [0.05, 0.1) is 17.8 Å².